The Labute approximate surface area is 209 Å². The summed E-state index contributed by atoms with van der Waals surface area (Å²) in [5.74, 6) is 1.03. The molecule has 0 amide bonds. The monoisotopic (exact) mass is 504 g/mol. The van der Waals surface area contributed by atoms with E-state index in [1.54, 1.807) is 6.07 Å². The summed E-state index contributed by atoms with van der Waals surface area (Å²) in [7, 11) is 0. The molecule has 3 aliphatic rings. The molecule has 1 saturated heterocycles. The van der Waals surface area contributed by atoms with Crippen LogP contribution >= 0.6 is 0 Å². The highest BCUT2D eigenvalue weighted by Gasteiger charge is 2.44. The van der Waals surface area contributed by atoms with E-state index < -0.39 is 17.2 Å². The zero-order chi connectivity index (χ0) is 25.7. The van der Waals surface area contributed by atoms with Crippen molar-refractivity contribution in [3.8, 4) is 0 Å². The SMILES string of the molecule is CCOC(=O)C1(CCN2CC[C@@H]3Cc4[nH]c5ccc(C(F)(F)F)cc5c4[C@H](C)[C@H]3C2)CCC(=O)CC1. The molecule has 0 radical (unpaired) electrons. The van der Waals surface area contributed by atoms with Gasteiger partial charge in [-0.15, -0.1) is 0 Å². The molecule has 36 heavy (non-hydrogen) atoms. The number of piperidine rings is 1. The van der Waals surface area contributed by atoms with E-state index in [1.165, 1.54) is 6.07 Å². The van der Waals surface area contributed by atoms with E-state index >= 15 is 0 Å². The maximum absolute atomic E-state index is 13.4. The van der Waals surface area contributed by atoms with Gasteiger partial charge in [0, 0.05) is 36.0 Å². The molecule has 1 aromatic carbocycles. The van der Waals surface area contributed by atoms with Crippen LogP contribution in [0.3, 0.4) is 0 Å². The van der Waals surface area contributed by atoms with Gasteiger partial charge in [0.05, 0.1) is 17.6 Å². The van der Waals surface area contributed by atoms with E-state index in [2.05, 4.69) is 16.8 Å². The van der Waals surface area contributed by atoms with Crippen LogP contribution < -0.4 is 0 Å². The molecule has 2 heterocycles. The number of carbonyl (C=O) groups excluding carboxylic acids is 2. The molecule has 196 valence electrons. The number of likely N-dealkylation sites (tertiary alicyclic amines) is 1. The summed E-state index contributed by atoms with van der Waals surface area (Å²) in [6.07, 6.45) is 0.193. The second-order valence-electron chi connectivity index (χ2n) is 11.1. The van der Waals surface area contributed by atoms with Crippen molar-refractivity contribution in [3.63, 3.8) is 0 Å². The summed E-state index contributed by atoms with van der Waals surface area (Å²) in [5.41, 5.74) is 1.70. The Morgan fingerprint density at radius 1 is 1.25 bits per heavy atom. The lowest BCUT2D eigenvalue weighted by Gasteiger charge is -2.45. The molecule has 2 aromatic rings. The van der Waals surface area contributed by atoms with Gasteiger partial charge in [0.15, 0.2) is 0 Å². The molecule has 2 fully saturated rings. The van der Waals surface area contributed by atoms with Gasteiger partial charge < -0.3 is 14.6 Å². The first-order valence-electron chi connectivity index (χ1n) is 13.2. The van der Waals surface area contributed by atoms with Crippen molar-refractivity contribution >= 4 is 22.7 Å². The van der Waals surface area contributed by atoms with Crippen molar-refractivity contribution < 1.29 is 27.5 Å². The van der Waals surface area contributed by atoms with Crippen molar-refractivity contribution in [2.24, 2.45) is 17.3 Å². The number of benzene rings is 1. The molecule has 0 bridgehead atoms. The number of halogens is 3. The normalized spacial score (nSPS) is 26.5. The molecule has 1 aliphatic heterocycles. The van der Waals surface area contributed by atoms with Gasteiger partial charge >= 0.3 is 12.1 Å². The number of hydrogen-bond donors (Lipinski definition) is 1. The van der Waals surface area contributed by atoms with Crippen LogP contribution in [-0.2, 0) is 26.9 Å². The average Bonchev–Trinajstić information content (AvgIpc) is 3.21. The lowest BCUT2D eigenvalue weighted by Crippen LogP contribution is -2.47. The maximum Gasteiger partial charge on any atom is 0.416 e. The van der Waals surface area contributed by atoms with E-state index in [1.807, 2.05) is 6.92 Å². The molecule has 8 heteroatoms. The van der Waals surface area contributed by atoms with Crippen LogP contribution in [0.2, 0.25) is 0 Å². The van der Waals surface area contributed by atoms with Crippen LogP contribution in [-0.4, -0.2) is 47.9 Å². The minimum atomic E-state index is -4.36. The van der Waals surface area contributed by atoms with Crippen molar-refractivity contribution in [2.75, 3.05) is 26.2 Å². The summed E-state index contributed by atoms with van der Waals surface area (Å²) in [4.78, 5) is 30.5. The highest BCUT2D eigenvalue weighted by molar-refractivity contribution is 5.86. The number of carbonyl (C=O) groups is 2. The summed E-state index contributed by atoms with van der Waals surface area (Å²) in [5, 5.41) is 0.691. The predicted octanol–water partition coefficient (Wildman–Crippen LogP) is 5.87. The van der Waals surface area contributed by atoms with Gasteiger partial charge in [-0.05, 0) is 93.6 Å². The van der Waals surface area contributed by atoms with Gasteiger partial charge in [0.25, 0.3) is 0 Å². The number of fused-ring (bicyclic) bond motifs is 4. The molecule has 1 aromatic heterocycles. The Morgan fingerprint density at radius 3 is 2.69 bits per heavy atom. The molecule has 5 rings (SSSR count). The number of Topliss-reactive ketones (excluding diaryl/α,β-unsaturated/α-hetero) is 1. The molecule has 3 atom stereocenters. The lowest BCUT2D eigenvalue weighted by atomic mass is 9.67. The summed E-state index contributed by atoms with van der Waals surface area (Å²) in [6.45, 7) is 6.88. The molecule has 5 nitrogen and oxygen atoms in total. The standard InChI is InChI=1S/C28H35F3N2O3/c1-3-36-26(35)27(9-6-20(34)7-10-27)11-13-33-12-8-18-14-24-25(17(2)22(18)16-33)21-15-19(28(29,30)31)4-5-23(21)32-24/h4-5,15,17-18,22,32H,3,6-14,16H2,1-2H3/t17-,18-,22-/m1/s1. The first-order valence-corrected chi connectivity index (χ1v) is 13.2. The second kappa shape index (κ2) is 9.51. The molecule has 1 saturated carbocycles. The Balaban J connectivity index is 1.33. The number of aromatic nitrogens is 1. The summed E-state index contributed by atoms with van der Waals surface area (Å²) in [6, 6.07) is 4.01. The zero-order valence-corrected chi connectivity index (χ0v) is 21.0. The number of aromatic amines is 1. The number of esters is 1. The maximum atomic E-state index is 13.4. The molecule has 2 aliphatic carbocycles. The number of nitrogens with zero attached hydrogens (tertiary/aromatic N) is 1. The quantitative estimate of drug-likeness (QED) is 0.518. The fraction of sp³-hybridized carbons (Fsp3) is 0.643. The van der Waals surface area contributed by atoms with Crippen LogP contribution in [0.15, 0.2) is 18.2 Å². The molecule has 1 N–H and O–H groups in total. The molecular formula is C28H35F3N2O3. The Morgan fingerprint density at radius 2 is 2.00 bits per heavy atom. The van der Waals surface area contributed by atoms with Crippen molar-refractivity contribution in [1.82, 2.24) is 9.88 Å². The van der Waals surface area contributed by atoms with Crippen LogP contribution in [0, 0.1) is 17.3 Å². The van der Waals surface area contributed by atoms with Crippen LogP contribution in [0.25, 0.3) is 10.9 Å². The fourth-order valence-electron chi connectivity index (χ4n) is 6.95. The Kier molecular flexibility index (Phi) is 6.68. The number of nitrogens with one attached hydrogen (secondary N) is 1. The summed E-state index contributed by atoms with van der Waals surface area (Å²) >= 11 is 0. The highest BCUT2D eigenvalue weighted by Crippen LogP contribution is 2.47. The first-order chi connectivity index (χ1) is 17.1. The third-order valence-corrected chi connectivity index (χ3v) is 9.08. The smallest absolute Gasteiger partial charge is 0.416 e. The summed E-state index contributed by atoms with van der Waals surface area (Å²) < 4.78 is 45.6. The van der Waals surface area contributed by atoms with Crippen LogP contribution in [0.5, 0.6) is 0 Å². The largest absolute Gasteiger partial charge is 0.466 e. The molecule has 0 spiro atoms. The van der Waals surface area contributed by atoms with Gasteiger partial charge in [-0.1, -0.05) is 6.92 Å². The topological polar surface area (TPSA) is 62.4 Å². The number of ether oxygens (including phenoxy) is 1. The van der Waals surface area contributed by atoms with E-state index in [-0.39, 0.29) is 17.7 Å². The number of hydrogen-bond acceptors (Lipinski definition) is 4. The third-order valence-electron chi connectivity index (χ3n) is 9.08. The first kappa shape index (κ1) is 25.3. The van der Waals surface area contributed by atoms with Crippen LogP contribution in [0.1, 0.15) is 75.1 Å². The number of alkyl halides is 3. The Bertz CT molecular complexity index is 1140. The van der Waals surface area contributed by atoms with E-state index in [9.17, 15) is 22.8 Å². The van der Waals surface area contributed by atoms with Crippen molar-refractivity contribution in [1.29, 1.82) is 0 Å². The number of ketones is 1. The van der Waals surface area contributed by atoms with E-state index in [0.717, 1.165) is 55.3 Å². The lowest BCUT2D eigenvalue weighted by molar-refractivity contribution is -0.159. The minimum absolute atomic E-state index is 0.144. The second-order valence-corrected chi connectivity index (χ2v) is 11.1. The highest BCUT2D eigenvalue weighted by atomic mass is 19.4. The minimum Gasteiger partial charge on any atom is -0.466 e. The fourth-order valence-corrected chi connectivity index (χ4v) is 6.95. The van der Waals surface area contributed by atoms with Gasteiger partial charge in [0.2, 0.25) is 0 Å². The number of rotatable bonds is 5. The van der Waals surface area contributed by atoms with Gasteiger partial charge in [-0.2, -0.15) is 13.2 Å². The average molecular weight is 505 g/mol. The number of H-pyrrole nitrogens is 1. The molecule has 0 unspecified atom stereocenters. The van der Waals surface area contributed by atoms with Crippen molar-refractivity contribution in [2.45, 2.75) is 70.9 Å². The van der Waals surface area contributed by atoms with Gasteiger partial charge in [-0.3, -0.25) is 9.59 Å². The predicted molar refractivity (Wildman–Crippen MR) is 131 cm³/mol. The zero-order valence-electron chi connectivity index (χ0n) is 21.0. The van der Waals surface area contributed by atoms with Gasteiger partial charge in [0.1, 0.15) is 5.78 Å². The Hall–Kier alpha value is -2.35. The van der Waals surface area contributed by atoms with E-state index in [0.29, 0.717) is 55.9 Å². The third kappa shape index (κ3) is 4.57. The molecular weight excluding hydrogens is 469 g/mol. The van der Waals surface area contributed by atoms with E-state index in [4.69, 9.17) is 4.74 Å². The van der Waals surface area contributed by atoms with Crippen molar-refractivity contribution in [3.05, 3.63) is 35.0 Å². The van der Waals surface area contributed by atoms with Gasteiger partial charge in [-0.25, -0.2) is 0 Å². The van der Waals surface area contributed by atoms with Crippen LogP contribution in [0.4, 0.5) is 13.2 Å².